The molecule has 3 heteroatoms. The molecular weight excluding hydrogens is 397 g/mol. The second-order valence-corrected chi connectivity index (χ2v) is 12.8. The lowest BCUT2D eigenvalue weighted by Crippen LogP contribution is -2.68. The molecule has 4 aliphatic rings. The molecule has 0 amide bonds. The van der Waals surface area contributed by atoms with Crippen molar-refractivity contribution in [2.45, 2.75) is 129 Å². The first-order valence-corrected chi connectivity index (χ1v) is 14.1. The van der Waals surface area contributed by atoms with Gasteiger partial charge in [0.25, 0.3) is 0 Å². The van der Waals surface area contributed by atoms with Gasteiger partial charge in [-0.1, -0.05) is 65.9 Å². The van der Waals surface area contributed by atoms with Crippen LogP contribution in [0.3, 0.4) is 0 Å². The van der Waals surface area contributed by atoms with Crippen LogP contribution in [0.1, 0.15) is 118 Å². The zero-order valence-corrected chi connectivity index (χ0v) is 22.1. The molecule has 4 aliphatic carbocycles. The quantitative estimate of drug-likeness (QED) is 0.234. The molecule has 2 N–H and O–H groups in total. The SMILES string of the molecule is CCCC1CCC2(OP)C(=CCC3(N)C2CCC2(C)C(CCCCC(C)C)CCC23)C1. The Kier molecular flexibility index (Phi) is 7.33. The third-order valence-corrected chi connectivity index (χ3v) is 11.0. The van der Waals surface area contributed by atoms with E-state index in [1.165, 1.54) is 83.5 Å². The average molecular weight is 448 g/mol. The minimum atomic E-state index is -0.0986. The van der Waals surface area contributed by atoms with Crippen molar-refractivity contribution < 1.29 is 4.52 Å². The first-order valence-electron chi connectivity index (χ1n) is 13.7. The zero-order valence-electron chi connectivity index (χ0n) is 20.9. The zero-order chi connectivity index (χ0) is 22.3. The fourth-order valence-electron chi connectivity index (χ4n) is 8.90. The van der Waals surface area contributed by atoms with E-state index >= 15 is 0 Å². The Hall–Kier alpha value is 0.0900. The van der Waals surface area contributed by atoms with E-state index in [0.29, 0.717) is 17.3 Å². The molecule has 3 saturated carbocycles. The van der Waals surface area contributed by atoms with Gasteiger partial charge in [-0.15, -0.1) is 0 Å². The van der Waals surface area contributed by atoms with E-state index in [1.807, 2.05) is 0 Å². The van der Waals surface area contributed by atoms with Crippen molar-refractivity contribution in [1.82, 2.24) is 0 Å². The topological polar surface area (TPSA) is 35.2 Å². The summed E-state index contributed by atoms with van der Waals surface area (Å²) in [5, 5.41) is 0. The van der Waals surface area contributed by atoms with Crippen LogP contribution in [0.2, 0.25) is 0 Å². The molecule has 4 rings (SSSR count). The largest absolute Gasteiger partial charge is 0.355 e. The number of hydrogen-bond acceptors (Lipinski definition) is 2. The summed E-state index contributed by atoms with van der Waals surface area (Å²) in [4.78, 5) is 0. The molecule has 8 atom stereocenters. The molecule has 0 spiro atoms. The fourth-order valence-corrected chi connectivity index (χ4v) is 9.33. The first kappa shape index (κ1) is 24.2. The van der Waals surface area contributed by atoms with E-state index in [-0.39, 0.29) is 11.1 Å². The Morgan fingerprint density at radius 1 is 1.10 bits per heavy atom. The summed E-state index contributed by atoms with van der Waals surface area (Å²) in [6, 6.07) is 0. The molecular formula is C28H50NOP. The van der Waals surface area contributed by atoms with Crippen LogP contribution in [0.5, 0.6) is 0 Å². The maximum Gasteiger partial charge on any atom is 0.0973 e. The number of fused-ring (bicyclic) bond motifs is 5. The van der Waals surface area contributed by atoms with Crippen LogP contribution in [0.15, 0.2) is 11.6 Å². The van der Waals surface area contributed by atoms with Gasteiger partial charge in [-0.3, -0.25) is 0 Å². The van der Waals surface area contributed by atoms with Gasteiger partial charge in [0.2, 0.25) is 0 Å². The van der Waals surface area contributed by atoms with Crippen LogP contribution in [0.4, 0.5) is 0 Å². The van der Waals surface area contributed by atoms with Gasteiger partial charge in [0.05, 0.1) is 5.60 Å². The van der Waals surface area contributed by atoms with Crippen molar-refractivity contribution in [1.29, 1.82) is 0 Å². The molecule has 31 heavy (non-hydrogen) atoms. The lowest BCUT2D eigenvalue weighted by molar-refractivity contribution is -0.0985. The van der Waals surface area contributed by atoms with Crippen LogP contribution < -0.4 is 5.73 Å². The van der Waals surface area contributed by atoms with Crippen LogP contribution in [-0.4, -0.2) is 11.1 Å². The second kappa shape index (κ2) is 9.38. The lowest BCUT2D eigenvalue weighted by Gasteiger charge is -2.63. The third kappa shape index (κ3) is 4.10. The van der Waals surface area contributed by atoms with E-state index in [2.05, 4.69) is 43.2 Å². The molecule has 0 aromatic rings. The van der Waals surface area contributed by atoms with E-state index in [4.69, 9.17) is 10.3 Å². The van der Waals surface area contributed by atoms with E-state index in [9.17, 15) is 0 Å². The Labute approximate surface area is 195 Å². The molecule has 0 radical (unpaired) electrons. The van der Waals surface area contributed by atoms with Crippen molar-refractivity contribution >= 4 is 9.47 Å². The number of rotatable bonds is 8. The molecule has 0 bridgehead atoms. The summed E-state index contributed by atoms with van der Waals surface area (Å²) in [5.41, 5.74) is 9.39. The predicted molar refractivity (Wildman–Crippen MR) is 136 cm³/mol. The Balaban J connectivity index is 1.53. The van der Waals surface area contributed by atoms with Crippen LogP contribution in [0, 0.1) is 35.0 Å². The van der Waals surface area contributed by atoms with Crippen LogP contribution in [-0.2, 0) is 4.52 Å². The minimum absolute atomic E-state index is 0.0721. The summed E-state index contributed by atoms with van der Waals surface area (Å²) < 4.78 is 6.42. The predicted octanol–water partition coefficient (Wildman–Crippen LogP) is 7.82. The fraction of sp³-hybridized carbons (Fsp3) is 0.929. The highest BCUT2D eigenvalue weighted by Gasteiger charge is 2.65. The van der Waals surface area contributed by atoms with Crippen molar-refractivity contribution in [3.05, 3.63) is 11.6 Å². The molecule has 3 fully saturated rings. The van der Waals surface area contributed by atoms with Crippen LogP contribution >= 0.6 is 9.47 Å². The molecule has 0 heterocycles. The summed E-state index contributed by atoms with van der Waals surface area (Å²) in [6.45, 7) is 9.66. The normalized spacial score (nSPS) is 44.5. The summed E-state index contributed by atoms with van der Waals surface area (Å²) in [6.07, 6.45) is 21.0. The number of unbranched alkanes of at least 4 members (excludes halogenated alkanes) is 1. The Morgan fingerprint density at radius 3 is 2.61 bits per heavy atom. The minimum Gasteiger partial charge on any atom is -0.355 e. The van der Waals surface area contributed by atoms with Crippen LogP contribution in [0.25, 0.3) is 0 Å². The van der Waals surface area contributed by atoms with Gasteiger partial charge in [0, 0.05) is 20.9 Å². The number of nitrogens with two attached hydrogens (primary N) is 1. The van der Waals surface area contributed by atoms with E-state index in [0.717, 1.165) is 24.2 Å². The summed E-state index contributed by atoms with van der Waals surface area (Å²) >= 11 is 0. The second-order valence-electron chi connectivity index (χ2n) is 12.6. The van der Waals surface area contributed by atoms with Crippen molar-refractivity contribution in [3.63, 3.8) is 0 Å². The van der Waals surface area contributed by atoms with Gasteiger partial charge in [-0.2, -0.15) is 0 Å². The summed E-state index contributed by atoms with van der Waals surface area (Å²) in [7, 11) is 2.68. The standard InChI is InChI=1S/C28H50NOP/c1-5-8-21-13-18-28(30-31)23(19-21)14-17-27(29)24-12-11-22(10-7-6-9-20(2)3)26(24,4)16-15-25(27)28/h14,20-22,24-25H,5-13,15-19,29,31H2,1-4H3. The molecule has 8 unspecified atom stereocenters. The smallest absolute Gasteiger partial charge is 0.0973 e. The molecule has 0 saturated heterocycles. The first-order chi connectivity index (χ1) is 14.8. The van der Waals surface area contributed by atoms with Gasteiger partial charge in [-0.05, 0) is 92.4 Å². The Morgan fingerprint density at radius 2 is 1.90 bits per heavy atom. The summed E-state index contributed by atoms with van der Waals surface area (Å²) in [5.74, 6) is 3.73. The highest BCUT2D eigenvalue weighted by molar-refractivity contribution is 7.09. The highest BCUT2D eigenvalue weighted by Crippen LogP contribution is 2.66. The maximum atomic E-state index is 7.52. The van der Waals surface area contributed by atoms with Gasteiger partial charge in [-0.25, -0.2) is 0 Å². The molecule has 2 nitrogen and oxygen atoms in total. The molecule has 0 aromatic heterocycles. The van der Waals surface area contributed by atoms with Gasteiger partial charge in [0.15, 0.2) is 0 Å². The van der Waals surface area contributed by atoms with Gasteiger partial charge in [0.1, 0.15) is 0 Å². The Bertz CT molecular complexity index is 661. The lowest BCUT2D eigenvalue weighted by atomic mass is 9.46. The third-order valence-electron chi connectivity index (χ3n) is 10.5. The van der Waals surface area contributed by atoms with Crippen molar-refractivity contribution in [2.75, 3.05) is 0 Å². The highest BCUT2D eigenvalue weighted by atomic mass is 31.0. The molecule has 0 aliphatic heterocycles. The molecule has 178 valence electrons. The van der Waals surface area contributed by atoms with E-state index < -0.39 is 0 Å². The van der Waals surface area contributed by atoms with Crippen molar-refractivity contribution in [3.8, 4) is 0 Å². The average Bonchev–Trinajstić information content (AvgIpc) is 3.08. The van der Waals surface area contributed by atoms with E-state index in [1.54, 1.807) is 5.57 Å². The maximum absolute atomic E-state index is 7.52. The molecule has 0 aromatic carbocycles. The van der Waals surface area contributed by atoms with Crippen molar-refractivity contribution in [2.24, 2.45) is 40.7 Å². The van der Waals surface area contributed by atoms with Gasteiger partial charge >= 0.3 is 0 Å². The number of hydrogen-bond donors (Lipinski definition) is 1. The monoisotopic (exact) mass is 447 g/mol. The van der Waals surface area contributed by atoms with Gasteiger partial charge < -0.3 is 10.3 Å².